The monoisotopic (exact) mass is 416 g/mol. The van der Waals surface area contributed by atoms with Crippen molar-refractivity contribution in [3.8, 4) is 6.07 Å². The van der Waals surface area contributed by atoms with Crippen LogP contribution >= 0.6 is 0 Å². The second-order valence-corrected chi connectivity index (χ2v) is 8.88. The lowest BCUT2D eigenvalue weighted by molar-refractivity contribution is -0.132. The highest BCUT2D eigenvalue weighted by molar-refractivity contribution is 5.76. The summed E-state index contributed by atoms with van der Waals surface area (Å²) in [7, 11) is 0. The van der Waals surface area contributed by atoms with Crippen molar-refractivity contribution >= 4 is 12.0 Å². The number of likely N-dealkylation sites (tertiary alicyclic amines) is 1. The van der Waals surface area contributed by atoms with E-state index in [2.05, 4.69) is 10.3 Å². The number of ether oxygens (including phenoxy) is 1. The van der Waals surface area contributed by atoms with E-state index in [-0.39, 0.29) is 17.0 Å². The van der Waals surface area contributed by atoms with E-state index >= 15 is 0 Å². The van der Waals surface area contributed by atoms with Crippen LogP contribution in [-0.4, -0.2) is 47.1 Å². The normalized spacial score (nSPS) is 14.9. The lowest BCUT2D eigenvalue weighted by Crippen LogP contribution is -2.42. The van der Waals surface area contributed by atoms with E-state index < -0.39 is 11.7 Å². The maximum atomic E-state index is 12.6. The molecule has 1 saturated heterocycles. The van der Waals surface area contributed by atoms with Crippen molar-refractivity contribution in [3.05, 3.63) is 32.7 Å². The third kappa shape index (κ3) is 6.34. The first-order valence-corrected chi connectivity index (χ1v) is 10.4. The number of carbonyl (C=O) groups excluding carboxylic acids is 2. The van der Waals surface area contributed by atoms with Crippen LogP contribution in [0.4, 0.5) is 4.79 Å². The Hall–Kier alpha value is -2.82. The summed E-state index contributed by atoms with van der Waals surface area (Å²) in [6.45, 7) is 10.9. The van der Waals surface area contributed by atoms with Crippen molar-refractivity contribution in [2.24, 2.45) is 5.92 Å². The molecule has 1 fully saturated rings. The molecular formula is C22H32N4O4. The predicted octanol–water partition coefficient (Wildman–Crippen LogP) is 2.56. The Morgan fingerprint density at radius 1 is 1.27 bits per heavy atom. The van der Waals surface area contributed by atoms with Crippen LogP contribution in [0.15, 0.2) is 4.79 Å². The average molecular weight is 417 g/mol. The minimum Gasteiger partial charge on any atom is -0.444 e. The van der Waals surface area contributed by atoms with E-state index in [1.807, 2.05) is 31.7 Å². The molecule has 0 atom stereocenters. The summed E-state index contributed by atoms with van der Waals surface area (Å²) in [5.74, 6) is 0.389. The highest BCUT2D eigenvalue weighted by Gasteiger charge is 2.24. The molecule has 1 aromatic rings. The number of amides is 2. The molecule has 0 aromatic carbocycles. The first-order valence-electron chi connectivity index (χ1n) is 10.4. The molecule has 164 valence electrons. The Morgan fingerprint density at radius 2 is 1.90 bits per heavy atom. The minimum atomic E-state index is -0.518. The van der Waals surface area contributed by atoms with Crippen molar-refractivity contribution in [2.75, 3.05) is 19.6 Å². The SMILES string of the molecule is Cc1[nH]c(=O)c(C#N)c(C)c1CCC(=O)N1CCC(CNC(=O)OC(C)(C)C)CC1. The number of nitrogens with zero attached hydrogens (tertiary/aromatic N) is 2. The molecule has 0 bridgehead atoms. The Balaban J connectivity index is 1.82. The fourth-order valence-corrected chi connectivity index (χ4v) is 3.74. The highest BCUT2D eigenvalue weighted by Crippen LogP contribution is 2.20. The van der Waals surface area contributed by atoms with Crippen LogP contribution in [-0.2, 0) is 16.0 Å². The summed E-state index contributed by atoms with van der Waals surface area (Å²) >= 11 is 0. The van der Waals surface area contributed by atoms with E-state index in [1.54, 1.807) is 13.8 Å². The van der Waals surface area contributed by atoms with Crippen LogP contribution in [0.5, 0.6) is 0 Å². The summed E-state index contributed by atoms with van der Waals surface area (Å²) in [6, 6.07) is 1.94. The summed E-state index contributed by atoms with van der Waals surface area (Å²) in [5.41, 5.74) is 1.42. The molecule has 0 spiro atoms. The van der Waals surface area contributed by atoms with Gasteiger partial charge in [-0.1, -0.05) is 0 Å². The number of nitrogens with one attached hydrogen (secondary N) is 2. The van der Waals surface area contributed by atoms with Crippen LogP contribution in [0.1, 0.15) is 62.4 Å². The zero-order chi connectivity index (χ0) is 22.5. The number of pyridine rings is 1. The van der Waals surface area contributed by atoms with Crippen molar-refractivity contribution in [3.63, 3.8) is 0 Å². The molecule has 30 heavy (non-hydrogen) atoms. The molecule has 0 saturated carbocycles. The quantitative estimate of drug-likeness (QED) is 0.765. The van der Waals surface area contributed by atoms with E-state index in [0.717, 1.165) is 18.4 Å². The number of carbonyl (C=O) groups is 2. The molecule has 1 aromatic heterocycles. The van der Waals surface area contributed by atoms with Gasteiger partial charge in [-0.25, -0.2) is 4.79 Å². The lowest BCUT2D eigenvalue weighted by atomic mass is 9.95. The van der Waals surface area contributed by atoms with Crippen molar-refractivity contribution in [2.45, 2.75) is 65.9 Å². The van der Waals surface area contributed by atoms with Crippen LogP contribution in [0.3, 0.4) is 0 Å². The van der Waals surface area contributed by atoms with Gasteiger partial charge in [0.15, 0.2) is 0 Å². The van der Waals surface area contributed by atoms with E-state index in [4.69, 9.17) is 4.74 Å². The molecule has 1 aliphatic rings. The molecule has 8 heteroatoms. The second-order valence-electron chi connectivity index (χ2n) is 8.88. The van der Waals surface area contributed by atoms with E-state index in [1.165, 1.54) is 0 Å². The number of aromatic nitrogens is 1. The van der Waals surface area contributed by atoms with Gasteiger partial charge in [0.2, 0.25) is 5.91 Å². The van der Waals surface area contributed by atoms with Gasteiger partial charge in [-0.15, -0.1) is 0 Å². The summed E-state index contributed by atoms with van der Waals surface area (Å²) in [4.78, 5) is 40.8. The largest absolute Gasteiger partial charge is 0.444 e. The standard InChI is InChI=1S/C22H32N4O4/c1-14-17(15(2)25-20(28)18(14)12-23)6-7-19(27)26-10-8-16(9-11-26)13-24-21(29)30-22(3,4)5/h16H,6-11,13H2,1-5H3,(H,24,29)(H,25,28). The molecule has 1 aliphatic heterocycles. The van der Waals surface area contributed by atoms with Gasteiger partial charge in [0.25, 0.3) is 5.56 Å². The van der Waals surface area contributed by atoms with Gasteiger partial charge < -0.3 is 19.9 Å². The van der Waals surface area contributed by atoms with Crippen molar-refractivity contribution in [1.82, 2.24) is 15.2 Å². The second kappa shape index (κ2) is 9.79. The Morgan fingerprint density at radius 3 is 2.47 bits per heavy atom. The minimum absolute atomic E-state index is 0.0667. The van der Waals surface area contributed by atoms with Gasteiger partial charge in [-0.2, -0.15) is 5.26 Å². The molecule has 0 unspecified atom stereocenters. The third-order valence-corrected chi connectivity index (χ3v) is 5.41. The van der Waals surface area contributed by atoms with Crippen LogP contribution in [0.25, 0.3) is 0 Å². The molecule has 2 heterocycles. The van der Waals surface area contributed by atoms with Gasteiger partial charge in [0.1, 0.15) is 17.2 Å². The number of piperidine rings is 1. The smallest absolute Gasteiger partial charge is 0.407 e. The molecule has 2 amide bonds. The molecular weight excluding hydrogens is 384 g/mol. The summed E-state index contributed by atoms with van der Waals surface area (Å²) < 4.78 is 5.25. The Labute approximate surface area is 177 Å². The third-order valence-electron chi connectivity index (χ3n) is 5.41. The number of rotatable bonds is 5. The van der Waals surface area contributed by atoms with Crippen LogP contribution < -0.4 is 10.9 Å². The van der Waals surface area contributed by atoms with Crippen molar-refractivity contribution in [1.29, 1.82) is 5.26 Å². The van der Waals surface area contributed by atoms with Crippen molar-refractivity contribution < 1.29 is 14.3 Å². The molecule has 2 rings (SSSR count). The van der Waals surface area contributed by atoms with E-state index in [9.17, 15) is 19.6 Å². The summed E-state index contributed by atoms with van der Waals surface area (Å²) in [5, 5.41) is 12.0. The van der Waals surface area contributed by atoms with Gasteiger partial charge in [0, 0.05) is 31.7 Å². The highest BCUT2D eigenvalue weighted by atomic mass is 16.6. The van der Waals surface area contributed by atoms with Gasteiger partial charge in [0.05, 0.1) is 0 Å². The molecule has 0 radical (unpaired) electrons. The number of aryl methyl sites for hydroxylation is 1. The van der Waals surface area contributed by atoms with Gasteiger partial charge >= 0.3 is 6.09 Å². The fourth-order valence-electron chi connectivity index (χ4n) is 3.74. The summed E-state index contributed by atoms with van der Waals surface area (Å²) in [6.07, 6.45) is 2.07. The Kier molecular flexibility index (Phi) is 7.65. The fraction of sp³-hybridized carbons (Fsp3) is 0.636. The Bertz CT molecular complexity index is 884. The molecule has 2 N–H and O–H groups in total. The average Bonchev–Trinajstić information content (AvgIpc) is 2.65. The predicted molar refractivity (Wildman–Crippen MR) is 113 cm³/mol. The zero-order valence-corrected chi connectivity index (χ0v) is 18.6. The van der Waals surface area contributed by atoms with E-state index in [0.29, 0.717) is 49.7 Å². The van der Waals surface area contributed by atoms with Crippen LogP contribution in [0, 0.1) is 31.1 Å². The first-order chi connectivity index (χ1) is 14.0. The number of hydrogen-bond acceptors (Lipinski definition) is 5. The number of hydrogen-bond donors (Lipinski definition) is 2. The van der Waals surface area contributed by atoms with Crippen LogP contribution in [0.2, 0.25) is 0 Å². The van der Waals surface area contributed by atoms with Gasteiger partial charge in [-0.3, -0.25) is 9.59 Å². The molecule has 8 nitrogen and oxygen atoms in total. The lowest BCUT2D eigenvalue weighted by Gasteiger charge is -2.32. The molecule has 0 aliphatic carbocycles. The number of nitriles is 1. The first kappa shape index (κ1) is 23.5. The number of aromatic amines is 1. The maximum Gasteiger partial charge on any atom is 0.407 e. The topological polar surface area (TPSA) is 115 Å². The maximum absolute atomic E-state index is 12.6. The van der Waals surface area contributed by atoms with Gasteiger partial charge in [-0.05, 0) is 70.9 Å². The zero-order valence-electron chi connectivity index (χ0n) is 18.6. The number of alkyl carbamates (subject to hydrolysis) is 1. The number of H-pyrrole nitrogens is 1.